The Bertz CT molecular complexity index is 53.9. The molecule has 56 valence electrons. The minimum absolute atomic E-state index is 0.134. The van der Waals surface area contributed by atoms with E-state index in [0.717, 1.165) is 19.4 Å². The van der Waals surface area contributed by atoms with Gasteiger partial charge in [0, 0.05) is 0 Å². The monoisotopic (exact) mass is 131 g/mol. The molecule has 0 amide bonds. The lowest BCUT2D eigenvalue weighted by Crippen LogP contribution is -2.14. The Labute approximate surface area is 57.5 Å². The molecule has 0 aromatic heterocycles. The van der Waals surface area contributed by atoms with Crippen LogP contribution in [0.4, 0.5) is 0 Å². The maximum absolute atomic E-state index is 8.85. The smallest absolute Gasteiger partial charge is 0.0512 e. The van der Waals surface area contributed by atoms with Gasteiger partial charge in [0.05, 0.1) is 6.10 Å². The number of hydrogen-bond acceptors (Lipinski definition) is 2. The van der Waals surface area contributed by atoms with Gasteiger partial charge in [0.1, 0.15) is 0 Å². The summed E-state index contributed by atoms with van der Waals surface area (Å²) in [5, 5.41) is 8.85. The molecule has 1 atom stereocenters. The van der Waals surface area contributed by atoms with E-state index in [2.05, 4.69) is 4.90 Å². The molecule has 2 heteroatoms. The van der Waals surface area contributed by atoms with Crippen LogP contribution in [0.25, 0.3) is 0 Å². The van der Waals surface area contributed by atoms with Gasteiger partial charge in [-0.1, -0.05) is 0 Å². The van der Waals surface area contributed by atoms with E-state index in [1.54, 1.807) is 0 Å². The molecular formula is C7H17NO. The van der Waals surface area contributed by atoms with Gasteiger partial charge in [-0.25, -0.2) is 0 Å². The van der Waals surface area contributed by atoms with Crippen LogP contribution in [-0.2, 0) is 0 Å². The minimum atomic E-state index is -0.134. The third-order valence-corrected chi connectivity index (χ3v) is 1.23. The van der Waals surface area contributed by atoms with Crippen molar-refractivity contribution in [1.29, 1.82) is 0 Å². The van der Waals surface area contributed by atoms with E-state index >= 15 is 0 Å². The van der Waals surface area contributed by atoms with Gasteiger partial charge in [-0.05, 0) is 40.4 Å². The highest BCUT2D eigenvalue weighted by Crippen LogP contribution is 1.95. The summed E-state index contributed by atoms with van der Waals surface area (Å²) in [7, 11) is 4.09. The summed E-state index contributed by atoms with van der Waals surface area (Å²) in [5.41, 5.74) is 0. The molecule has 0 aliphatic carbocycles. The van der Waals surface area contributed by atoms with Gasteiger partial charge in [0.25, 0.3) is 0 Å². The fraction of sp³-hybridized carbons (Fsp3) is 1.00. The minimum Gasteiger partial charge on any atom is -0.393 e. The molecule has 1 N–H and O–H groups in total. The summed E-state index contributed by atoms with van der Waals surface area (Å²) in [6.07, 6.45) is 1.87. The average molecular weight is 131 g/mol. The average Bonchev–Trinajstić information content (AvgIpc) is 1.63. The quantitative estimate of drug-likeness (QED) is 0.607. The van der Waals surface area contributed by atoms with Crippen LogP contribution >= 0.6 is 0 Å². The lowest BCUT2D eigenvalue weighted by molar-refractivity contribution is 0.177. The molecule has 0 saturated carbocycles. The summed E-state index contributed by atoms with van der Waals surface area (Å²) in [4.78, 5) is 2.13. The molecule has 0 aliphatic rings. The number of rotatable bonds is 4. The fourth-order valence-electron chi connectivity index (χ4n) is 0.703. The van der Waals surface area contributed by atoms with E-state index in [1.807, 2.05) is 21.0 Å². The van der Waals surface area contributed by atoms with E-state index < -0.39 is 0 Å². The summed E-state index contributed by atoms with van der Waals surface area (Å²) < 4.78 is 0. The molecule has 0 unspecified atom stereocenters. The van der Waals surface area contributed by atoms with Crippen molar-refractivity contribution in [3.63, 3.8) is 0 Å². The predicted molar refractivity (Wildman–Crippen MR) is 39.5 cm³/mol. The van der Waals surface area contributed by atoms with Gasteiger partial charge in [-0.2, -0.15) is 0 Å². The Kier molecular flexibility index (Phi) is 4.72. The van der Waals surface area contributed by atoms with Gasteiger partial charge in [0.2, 0.25) is 0 Å². The zero-order valence-electron chi connectivity index (χ0n) is 6.59. The molecule has 0 fully saturated rings. The van der Waals surface area contributed by atoms with Crippen LogP contribution < -0.4 is 0 Å². The van der Waals surface area contributed by atoms with Gasteiger partial charge in [-0.3, -0.25) is 0 Å². The lowest BCUT2D eigenvalue weighted by Gasteiger charge is -2.09. The summed E-state index contributed by atoms with van der Waals surface area (Å²) >= 11 is 0. The topological polar surface area (TPSA) is 23.5 Å². The maximum Gasteiger partial charge on any atom is 0.0512 e. The number of aliphatic hydroxyl groups is 1. The van der Waals surface area contributed by atoms with E-state index in [4.69, 9.17) is 5.11 Å². The first kappa shape index (κ1) is 8.92. The molecule has 0 aromatic carbocycles. The van der Waals surface area contributed by atoms with Crippen LogP contribution in [0.5, 0.6) is 0 Å². The van der Waals surface area contributed by atoms with Crippen LogP contribution in [0, 0.1) is 0 Å². The summed E-state index contributed by atoms with van der Waals surface area (Å²) in [6, 6.07) is 0. The van der Waals surface area contributed by atoms with Crippen LogP contribution in [0.1, 0.15) is 19.8 Å². The second kappa shape index (κ2) is 4.77. The van der Waals surface area contributed by atoms with Crippen LogP contribution in [0.3, 0.4) is 0 Å². The second-order valence-corrected chi connectivity index (χ2v) is 2.79. The standard InChI is InChI=1S/C7H17NO/c1-7(9)5-4-6-8(2)3/h7,9H,4-6H2,1-3H3/t7-/m1/s1. The largest absolute Gasteiger partial charge is 0.393 e. The first-order chi connectivity index (χ1) is 4.13. The van der Waals surface area contributed by atoms with Crippen LogP contribution in [0.15, 0.2) is 0 Å². The first-order valence-corrected chi connectivity index (χ1v) is 3.45. The van der Waals surface area contributed by atoms with Gasteiger partial charge in [0.15, 0.2) is 0 Å². The maximum atomic E-state index is 8.85. The molecule has 0 bridgehead atoms. The predicted octanol–water partition coefficient (Wildman–Crippen LogP) is 0.709. The Balaban J connectivity index is 2.91. The van der Waals surface area contributed by atoms with Crippen molar-refractivity contribution in [3.05, 3.63) is 0 Å². The molecule has 0 aliphatic heterocycles. The van der Waals surface area contributed by atoms with Gasteiger partial charge >= 0.3 is 0 Å². The third kappa shape index (κ3) is 7.92. The molecule has 0 aromatic rings. The highest BCUT2D eigenvalue weighted by Gasteiger charge is 1.94. The first-order valence-electron chi connectivity index (χ1n) is 3.45. The Morgan fingerprint density at radius 1 is 1.44 bits per heavy atom. The van der Waals surface area contributed by atoms with Gasteiger partial charge < -0.3 is 10.0 Å². The van der Waals surface area contributed by atoms with Gasteiger partial charge in [-0.15, -0.1) is 0 Å². The van der Waals surface area contributed by atoms with Crippen molar-refractivity contribution < 1.29 is 5.11 Å². The molecule has 2 nitrogen and oxygen atoms in total. The highest BCUT2D eigenvalue weighted by atomic mass is 16.3. The van der Waals surface area contributed by atoms with Crippen molar-refractivity contribution in [2.75, 3.05) is 20.6 Å². The van der Waals surface area contributed by atoms with E-state index in [-0.39, 0.29) is 6.10 Å². The van der Waals surface area contributed by atoms with E-state index in [0.29, 0.717) is 0 Å². The SMILES string of the molecule is C[C@@H](O)CCCN(C)C. The van der Waals surface area contributed by atoms with Crippen molar-refractivity contribution in [1.82, 2.24) is 4.90 Å². The molecule has 0 heterocycles. The molecule has 0 spiro atoms. The van der Waals surface area contributed by atoms with Crippen LogP contribution in [-0.4, -0.2) is 36.8 Å². The molecule has 0 saturated heterocycles. The zero-order chi connectivity index (χ0) is 7.28. The van der Waals surface area contributed by atoms with Crippen LogP contribution in [0.2, 0.25) is 0 Å². The molecule has 9 heavy (non-hydrogen) atoms. The molecule has 0 radical (unpaired) electrons. The van der Waals surface area contributed by atoms with E-state index in [1.165, 1.54) is 0 Å². The lowest BCUT2D eigenvalue weighted by atomic mass is 10.2. The van der Waals surface area contributed by atoms with Crippen molar-refractivity contribution in [3.8, 4) is 0 Å². The summed E-state index contributed by atoms with van der Waals surface area (Å²) in [6.45, 7) is 2.90. The summed E-state index contributed by atoms with van der Waals surface area (Å²) in [5.74, 6) is 0. The zero-order valence-corrected chi connectivity index (χ0v) is 6.59. The highest BCUT2D eigenvalue weighted by molar-refractivity contribution is 4.49. The third-order valence-electron chi connectivity index (χ3n) is 1.23. The number of nitrogens with zero attached hydrogens (tertiary/aromatic N) is 1. The Hall–Kier alpha value is -0.0800. The van der Waals surface area contributed by atoms with E-state index in [9.17, 15) is 0 Å². The number of hydrogen-bond donors (Lipinski definition) is 1. The van der Waals surface area contributed by atoms with Crippen molar-refractivity contribution in [2.24, 2.45) is 0 Å². The number of aliphatic hydroxyl groups excluding tert-OH is 1. The Morgan fingerprint density at radius 3 is 2.33 bits per heavy atom. The van der Waals surface area contributed by atoms with Crippen molar-refractivity contribution >= 4 is 0 Å². The second-order valence-electron chi connectivity index (χ2n) is 2.79. The Morgan fingerprint density at radius 2 is 2.00 bits per heavy atom. The fourth-order valence-corrected chi connectivity index (χ4v) is 0.703. The normalized spacial score (nSPS) is 14.3. The molecule has 0 rings (SSSR count). The molecular weight excluding hydrogens is 114 g/mol. The van der Waals surface area contributed by atoms with Crippen molar-refractivity contribution in [2.45, 2.75) is 25.9 Å².